The molecule has 3 aromatic carbocycles. The first-order chi connectivity index (χ1) is 15.9. The van der Waals surface area contributed by atoms with E-state index in [9.17, 15) is 10.1 Å². The molecule has 0 aliphatic rings. The first-order valence-electron chi connectivity index (χ1n) is 9.99. The molecule has 0 heterocycles. The van der Waals surface area contributed by atoms with Crippen LogP contribution in [0.15, 0.2) is 54.6 Å². The van der Waals surface area contributed by atoms with E-state index in [1.54, 1.807) is 25.3 Å². The maximum atomic E-state index is 10.8. The minimum Gasteiger partial charge on any atom is -0.493 e. The predicted octanol–water partition coefficient (Wildman–Crippen LogP) is 6.77. The molecule has 0 spiro atoms. The number of nitrogens with zero attached hydrogens (tertiary/aromatic N) is 1. The summed E-state index contributed by atoms with van der Waals surface area (Å²) in [6.45, 7) is 2.21. The summed E-state index contributed by atoms with van der Waals surface area (Å²) in [5, 5.41) is 18.6. The Labute approximate surface area is 218 Å². The lowest BCUT2D eigenvalue weighted by molar-refractivity contribution is -0.384. The van der Waals surface area contributed by atoms with Gasteiger partial charge in [0.05, 0.1) is 32.8 Å². The highest BCUT2D eigenvalue weighted by Crippen LogP contribution is 2.30. The number of benzene rings is 3. The molecule has 11 heteroatoms. The van der Waals surface area contributed by atoms with E-state index in [-0.39, 0.29) is 18.1 Å². The SMILES string of the molecule is COc1cc(CNCCNc2ccc([N+](=O)[O-])cc2Cl)ccc1OCc1ccc(Cl)c(Cl)c1.Cl. The quantitative estimate of drug-likeness (QED) is 0.157. The lowest BCUT2D eigenvalue weighted by atomic mass is 10.2. The van der Waals surface area contributed by atoms with Crippen LogP contribution < -0.4 is 20.1 Å². The molecule has 0 amide bonds. The maximum Gasteiger partial charge on any atom is 0.271 e. The molecule has 7 nitrogen and oxygen atoms in total. The summed E-state index contributed by atoms with van der Waals surface area (Å²) in [5.41, 5.74) is 2.54. The lowest BCUT2D eigenvalue weighted by Gasteiger charge is -2.13. The number of nitro benzene ring substituents is 1. The van der Waals surface area contributed by atoms with E-state index in [2.05, 4.69) is 10.6 Å². The smallest absolute Gasteiger partial charge is 0.271 e. The molecule has 0 aromatic heterocycles. The highest BCUT2D eigenvalue weighted by atomic mass is 35.5. The first-order valence-corrected chi connectivity index (χ1v) is 11.1. The van der Waals surface area contributed by atoms with Crippen molar-refractivity contribution in [2.45, 2.75) is 13.2 Å². The summed E-state index contributed by atoms with van der Waals surface area (Å²) in [4.78, 5) is 10.3. The molecule has 3 aromatic rings. The summed E-state index contributed by atoms with van der Waals surface area (Å²) < 4.78 is 11.3. The number of nitrogens with one attached hydrogen (secondary N) is 2. The third kappa shape index (κ3) is 7.82. The van der Waals surface area contributed by atoms with Gasteiger partial charge in [0.15, 0.2) is 11.5 Å². The third-order valence-corrected chi connectivity index (χ3v) is 5.77. The first kappa shape index (κ1) is 27.8. The zero-order valence-corrected chi connectivity index (χ0v) is 21.2. The van der Waals surface area contributed by atoms with Gasteiger partial charge in [-0.05, 0) is 41.5 Å². The molecule has 2 N–H and O–H groups in total. The number of ether oxygens (including phenoxy) is 2. The summed E-state index contributed by atoms with van der Waals surface area (Å²) in [7, 11) is 1.59. The Morgan fingerprint density at radius 2 is 1.65 bits per heavy atom. The van der Waals surface area contributed by atoms with E-state index in [1.807, 2.05) is 24.3 Å². The zero-order chi connectivity index (χ0) is 23.8. The molecular weight excluding hydrogens is 524 g/mol. The lowest BCUT2D eigenvalue weighted by Crippen LogP contribution is -2.21. The summed E-state index contributed by atoms with van der Waals surface area (Å²) in [6.07, 6.45) is 0. The molecule has 0 fully saturated rings. The van der Waals surface area contributed by atoms with Gasteiger partial charge in [-0.15, -0.1) is 12.4 Å². The van der Waals surface area contributed by atoms with Crippen LogP contribution in [0.25, 0.3) is 0 Å². The van der Waals surface area contributed by atoms with Crippen molar-refractivity contribution in [1.82, 2.24) is 5.32 Å². The second kappa shape index (κ2) is 13.5. The number of non-ortho nitro benzene ring substituents is 1. The summed E-state index contributed by atoms with van der Waals surface area (Å²) in [6, 6.07) is 15.4. The van der Waals surface area contributed by atoms with Crippen molar-refractivity contribution in [2.75, 3.05) is 25.5 Å². The van der Waals surface area contributed by atoms with E-state index >= 15 is 0 Å². The Balaban J connectivity index is 0.00000408. The van der Waals surface area contributed by atoms with Crippen LogP contribution in [0, 0.1) is 10.1 Å². The normalized spacial score (nSPS) is 10.4. The van der Waals surface area contributed by atoms with Gasteiger partial charge in [-0.1, -0.05) is 46.9 Å². The van der Waals surface area contributed by atoms with E-state index in [0.717, 1.165) is 11.1 Å². The van der Waals surface area contributed by atoms with Gasteiger partial charge in [0.25, 0.3) is 5.69 Å². The standard InChI is InChI=1S/C23H22Cl3N3O4.ClH/c1-32-23-11-15(3-7-22(23)33-14-16-2-5-18(24)19(25)10-16)13-27-8-9-28-21-6-4-17(29(30)31)12-20(21)26;/h2-7,10-12,27-28H,8-9,13-14H2,1H3;1H. The van der Waals surface area contributed by atoms with Gasteiger partial charge in [-0.3, -0.25) is 10.1 Å². The van der Waals surface area contributed by atoms with E-state index < -0.39 is 4.92 Å². The van der Waals surface area contributed by atoms with Crippen LogP contribution in [0.5, 0.6) is 11.5 Å². The number of hydrogen-bond acceptors (Lipinski definition) is 6. The Bertz CT molecular complexity index is 1130. The molecule has 34 heavy (non-hydrogen) atoms. The molecule has 0 saturated carbocycles. The monoisotopic (exact) mass is 545 g/mol. The van der Waals surface area contributed by atoms with E-state index in [0.29, 0.717) is 58.5 Å². The molecule has 0 radical (unpaired) electrons. The minimum atomic E-state index is -0.477. The molecule has 0 saturated heterocycles. The fourth-order valence-corrected chi connectivity index (χ4v) is 3.57. The topological polar surface area (TPSA) is 85.7 Å². The number of methoxy groups -OCH3 is 1. The second-order valence-electron chi connectivity index (χ2n) is 7.05. The van der Waals surface area contributed by atoms with Crippen molar-refractivity contribution < 1.29 is 14.4 Å². The van der Waals surface area contributed by atoms with Crippen LogP contribution in [0.1, 0.15) is 11.1 Å². The molecule has 0 aliphatic heterocycles. The van der Waals surface area contributed by atoms with Gasteiger partial charge in [-0.2, -0.15) is 0 Å². The van der Waals surface area contributed by atoms with Crippen LogP contribution in [0.4, 0.5) is 11.4 Å². The third-order valence-electron chi connectivity index (χ3n) is 4.72. The van der Waals surface area contributed by atoms with Gasteiger partial charge in [-0.25, -0.2) is 0 Å². The molecule has 3 rings (SSSR count). The van der Waals surface area contributed by atoms with E-state index in [1.165, 1.54) is 12.1 Å². The summed E-state index contributed by atoms with van der Waals surface area (Å²) in [5.74, 6) is 1.26. The van der Waals surface area contributed by atoms with Crippen molar-refractivity contribution in [3.05, 3.63) is 90.9 Å². The number of rotatable bonds is 11. The largest absolute Gasteiger partial charge is 0.493 e. The Morgan fingerprint density at radius 1 is 0.882 bits per heavy atom. The van der Waals surface area contributed by atoms with Crippen molar-refractivity contribution in [1.29, 1.82) is 0 Å². The molecule has 0 bridgehead atoms. The fourth-order valence-electron chi connectivity index (χ4n) is 3.01. The number of anilines is 1. The molecular formula is C23H23Cl4N3O4. The van der Waals surface area contributed by atoms with Crippen molar-refractivity contribution in [3.8, 4) is 11.5 Å². The predicted molar refractivity (Wildman–Crippen MR) is 139 cm³/mol. The second-order valence-corrected chi connectivity index (χ2v) is 8.27. The highest BCUT2D eigenvalue weighted by molar-refractivity contribution is 6.42. The maximum absolute atomic E-state index is 10.8. The Morgan fingerprint density at radius 3 is 2.32 bits per heavy atom. The van der Waals surface area contributed by atoms with Gasteiger partial charge < -0.3 is 20.1 Å². The molecule has 0 unspecified atom stereocenters. The van der Waals surface area contributed by atoms with Crippen molar-refractivity contribution in [2.24, 2.45) is 0 Å². The Kier molecular flexibility index (Phi) is 11.0. The van der Waals surface area contributed by atoms with Gasteiger partial charge in [0, 0.05) is 31.8 Å². The summed E-state index contributed by atoms with van der Waals surface area (Å²) >= 11 is 18.1. The van der Waals surface area contributed by atoms with Crippen molar-refractivity contribution >= 4 is 58.6 Å². The van der Waals surface area contributed by atoms with E-state index in [4.69, 9.17) is 44.3 Å². The number of hydrogen-bond donors (Lipinski definition) is 2. The molecule has 0 atom stereocenters. The van der Waals surface area contributed by atoms with Crippen LogP contribution >= 0.6 is 47.2 Å². The average molecular weight is 547 g/mol. The van der Waals surface area contributed by atoms with Gasteiger partial charge in [0.1, 0.15) is 6.61 Å². The Hall–Kier alpha value is -2.42. The highest BCUT2D eigenvalue weighted by Gasteiger charge is 2.10. The van der Waals surface area contributed by atoms with Crippen LogP contribution in [-0.2, 0) is 13.2 Å². The van der Waals surface area contributed by atoms with Gasteiger partial charge in [0.2, 0.25) is 0 Å². The fraction of sp³-hybridized carbons (Fsp3) is 0.217. The van der Waals surface area contributed by atoms with Crippen LogP contribution in [-0.4, -0.2) is 25.1 Å². The molecule has 182 valence electrons. The van der Waals surface area contributed by atoms with Gasteiger partial charge >= 0.3 is 0 Å². The van der Waals surface area contributed by atoms with Crippen molar-refractivity contribution in [3.63, 3.8) is 0 Å². The number of halogens is 4. The van der Waals surface area contributed by atoms with Crippen LogP contribution in [0.3, 0.4) is 0 Å². The van der Waals surface area contributed by atoms with Crippen LogP contribution in [0.2, 0.25) is 15.1 Å². The minimum absolute atomic E-state index is 0. The molecule has 0 aliphatic carbocycles. The number of nitro groups is 1. The average Bonchev–Trinajstić information content (AvgIpc) is 2.80. The zero-order valence-electron chi connectivity index (χ0n) is 18.1.